The zero-order valence-corrected chi connectivity index (χ0v) is 10.2. The van der Waals surface area contributed by atoms with Crippen molar-refractivity contribution < 1.29 is 0 Å². The fraction of sp³-hybridized carbons (Fsp3) is 0. The van der Waals surface area contributed by atoms with Gasteiger partial charge in [0.15, 0.2) is 0 Å². The lowest BCUT2D eigenvalue weighted by atomic mass is 10.1. The third kappa shape index (κ3) is 1.34. The smallest absolute Gasteiger partial charge is 0.0473 e. The summed E-state index contributed by atoms with van der Waals surface area (Å²) in [6.45, 7) is 0. The van der Waals surface area contributed by atoms with Gasteiger partial charge in [-0.15, -0.1) is 11.3 Å². The van der Waals surface area contributed by atoms with E-state index in [1.807, 2.05) is 6.07 Å². The molecule has 0 unspecified atom stereocenters. The predicted octanol–water partition coefficient (Wildman–Crippen LogP) is 4.40. The number of halogens is 1. The molecule has 0 aliphatic heterocycles. The average molecular weight is 278 g/mol. The highest BCUT2D eigenvalue weighted by Gasteiger charge is 2.06. The van der Waals surface area contributed by atoms with E-state index in [-0.39, 0.29) is 0 Å². The molecule has 0 aliphatic rings. The Kier molecular flexibility index (Phi) is 1.97. The molecule has 3 heteroatoms. The largest absolute Gasteiger partial charge is 0.398 e. The van der Waals surface area contributed by atoms with Crippen LogP contribution >= 0.6 is 27.3 Å². The van der Waals surface area contributed by atoms with E-state index in [2.05, 4.69) is 46.3 Å². The van der Waals surface area contributed by atoms with Gasteiger partial charge < -0.3 is 5.73 Å². The van der Waals surface area contributed by atoms with Crippen LogP contribution in [0.4, 0.5) is 5.69 Å². The van der Waals surface area contributed by atoms with Crippen molar-refractivity contribution in [3.05, 3.63) is 40.9 Å². The molecule has 74 valence electrons. The molecule has 0 amide bonds. The zero-order chi connectivity index (χ0) is 10.4. The van der Waals surface area contributed by atoms with Crippen LogP contribution in [-0.2, 0) is 0 Å². The van der Waals surface area contributed by atoms with Crippen molar-refractivity contribution in [2.24, 2.45) is 0 Å². The number of hydrogen-bond donors (Lipinski definition) is 1. The summed E-state index contributed by atoms with van der Waals surface area (Å²) < 4.78 is 3.53. The number of rotatable bonds is 0. The van der Waals surface area contributed by atoms with E-state index in [0.717, 1.165) is 10.2 Å². The Labute approximate surface area is 99.6 Å². The van der Waals surface area contributed by atoms with Crippen molar-refractivity contribution in [1.82, 2.24) is 0 Å². The van der Waals surface area contributed by atoms with Crippen LogP contribution in [0, 0.1) is 0 Å². The molecule has 0 radical (unpaired) electrons. The van der Waals surface area contributed by atoms with Crippen LogP contribution < -0.4 is 5.73 Å². The minimum atomic E-state index is 0.800. The number of anilines is 1. The third-order valence-electron chi connectivity index (χ3n) is 2.50. The van der Waals surface area contributed by atoms with Crippen molar-refractivity contribution in [3.8, 4) is 0 Å². The zero-order valence-electron chi connectivity index (χ0n) is 7.83. The maximum Gasteiger partial charge on any atom is 0.0473 e. The first-order chi connectivity index (χ1) is 7.25. The van der Waals surface area contributed by atoms with Crippen LogP contribution in [0.1, 0.15) is 0 Å². The first-order valence-electron chi connectivity index (χ1n) is 4.62. The number of nitrogen functional groups attached to an aromatic ring is 1. The van der Waals surface area contributed by atoms with Crippen molar-refractivity contribution >= 4 is 53.1 Å². The Hall–Kier alpha value is -1.06. The van der Waals surface area contributed by atoms with Gasteiger partial charge in [0, 0.05) is 30.3 Å². The number of fused-ring (bicyclic) bond motifs is 3. The Bertz CT molecular complexity index is 657. The predicted molar refractivity (Wildman–Crippen MR) is 71.4 cm³/mol. The third-order valence-corrected chi connectivity index (χ3v) is 4.32. The van der Waals surface area contributed by atoms with E-state index in [1.165, 1.54) is 20.2 Å². The van der Waals surface area contributed by atoms with Crippen LogP contribution in [0.15, 0.2) is 40.9 Å². The van der Waals surface area contributed by atoms with E-state index >= 15 is 0 Å². The van der Waals surface area contributed by atoms with Gasteiger partial charge in [-0.25, -0.2) is 0 Å². The fourth-order valence-corrected chi connectivity index (χ4v) is 3.24. The molecule has 0 saturated heterocycles. The molecule has 0 saturated carbocycles. The van der Waals surface area contributed by atoms with Crippen molar-refractivity contribution in [2.45, 2.75) is 0 Å². The van der Waals surface area contributed by atoms with Gasteiger partial charge in [-0.1, -0.05) is 18.2 Å². The summed E-state index contributed by atoms with van der Waals surface area (Å²) in [6.07, 6.45) is 0. The first-order valence-corrected chi connectivity index (χ1v) is 6.23. The number of hydrogen-bond acceptors (Lipinski definition) is 2. The highest BCUT2D eigenvalue weighted by molar-refractivity contribution is 9.10. The van der Waals surface area contributed by atoms with Gasteiger partial charge in [-0.05, 0) is 34.1 Å². The second kappa shape index (κ2) is 3.22. The van der Waals surface area contributed by atoms with Crippen molar-refractivity contribution in [1.29, 1.82) is 0 Å². The molecule has 1 heterocycles. The average Bonchev–Trinajstić information content (AvgIpc) is 2.57. The quantitative estimate of drug-likeness (QED) is 0.606. The summed E-state index contributed by atoms with van der Waals surface area (Å²) in [5.41, 5.74) is 6.67. The normalized spacial score (nSPS) is 11.3. The summed E-state index contributed by atoms with van der Waals surface area (Å²) in [5, 5.41) is 2.58. The van der Waals surface area contributed by atoms with Gasteiger partial charge >= 0.3 is 0 Å². The van der Waals surface area contributed by atoms with E-state index in [0.29, 0.717) is 0 Å². The van der Waals surface area contributed by atoms with Gasteiger partial charge in [0.25, 0.3) is 0 Å². The van der Waals surface area contributed by atoms with Gasteiger partial charge in [-0.2, -0.15) is 0 Å². The Balaban J connectivity index is 2.56. The summed E-state index contributed by atoms with van der Waals surface area (Å²) >= 11 is 5.25. The van der Waals surface area contributed by atoms with Crippen LogP contribution in [0.2, 0.25) is 0 Å². The van der Waals surface area contributed by atoms with Crippen LogP contribution in [0.3, 0.4) is 0 Å². The second-order valence-electron chi connectivity index (χ2n) is 3.47. The Morgan fingerprint density at radius 3 is 2.67 bits per heavy atom. The second-order valence-corrected chi connectivity index (χ2v) is 5.41. The van der Waals surface area contributed by atoms with Gasteiger partial charge in [0.05, 0.1) is 0 Å². The lowest BCUT2D eigenvalue weighted by molar-refractivity contribution is 1.72. The summed E-state index contributed by atoms with van der Waals surface area (Å²) in [4.78, 5) is 0. The number of thiophene rings is 1. The monoisotopic (exact) mass is 277 g/mol. The molecule has 1 nitrogen and oxygen atoms in total. The van der Waals surface area contributed by atoms with Crippen LogP contribution in [0.5, 0.6) is 0 Å². The van der Waals surface area contributed by atoms with Crippen LogP contribution in [-0.4, -0.2) is 0 Å². The summed E-state index contributed by atoms with van der Waals surface area (Å²) in [6, 6.07) is 12.6. The molecule has 3 aromatic rings. The topological polar surface area (TPSA) is 26.0 Å². The molecule has 0 atom stereocenters. The van der Waals surface area contributed by atoms with Crippen molar-refractivity contribution in [2.75, 3.05) is 5.73 Å². The lowest BCUT2D eigenvalue weighted by Crippen LogP contribution is -1.84. The standard InChI is InChI=1S/C12H8BrNS/c13-9-5-8-7-3-1-2-4-11(7)15-12(8)6-10(9)14/h1-6H,14H2. The lowest BCUT2D eigenvalue weighted by Gasteiger charge is -1.97. The SMILES string of the molecule is Nc1cc2sc3ccccc3c2cc1Br. The fourth-order valence-electron chi connectivity index (χ4n) is 1.76. The minimum absolute atomic E-state index is 0.800. The van der Waals surface area contributed by atoms with E-state index in [1.54, 1.807) is 11.3 Å². The molecule has 15 heavy (non-hydrogen) atoms. The van der Waals surface area contributed by atoms with E-state index < -0.39 is 0 Å². The maximum atomic E-state index is 5.87. The molecule has 3 rings (SSSR count). The molecular weight excluding hydrogens is 270 g/mol. The summed E-state index contributed by atoms with van der Waals surface area (Å²) in [5.74, 6) is 0. The first kappa shape index (κ1) is 9.19. The highest BCUT2D eigenvalue weighted by atomic mass is 79.9. The molecule has 2 N–H and O–H groups in total. The molecule has 0 bridgehead atoms. The van der Waals surface area contributed by atoms with Gasteiger partial charge in [0.2, 0.25) is 0 Å². The van der Waals surface area contributed by atoms with E-state index in [9.17, 15) is 0 Å². The molecule has 2 aromatic carbocycles. The van der Waals surface area contributed by atoms with Crippen molar-refractivity contribution in [3.63, 3.8) is 0 Å². The summed E-state index contributed by atoms with van der Waals surface area (Å²) in [7, 11) is 0. The van der Waals surface area contributed by atoms with Gasteiger partial charge in [-0.3, -0.25) is 0 Å². The maximum absolute atomic E-state index is 5.87. The van der Waals surface area contributed by atoms with Gasteiger partial charge in [0.1, 0.15) is 0 Å². The number of nitrogens with two attached hydrogens (primary N) is 1. The molecule has 0 aliphatic carbocycles. The number of benzene rings is 2. The molecule has 1 aromatic heterocycles. The highest BCUT2D eigenvalue weighted by Crippen LogP contribution is 2.37. The molecule has 0 fully saturated rings. The van der Waals surface area contributed by atoms with Crippen LogP contribution in [0.25, 0.3) is 20.2 Å². The molecular formula is C12H8BrNS. The minimum Gasteiger partial charge on any atom is -0.398 e. The Morgan fingerprint density at radius 1 is 1.00 bits per heavy atom. The Morgan fingerprint density at radius 2 is 1.80 bits per heavy atom. The molecule has 0 spiro atoms. The van der Waals surface area contributed by atoms with E-state index in [4.69, 9.17) is 5.73 Å².